The minimum atomic E-state index is -3.90. The number of rotatable bonds is 9. The van der Waals surface area contributed by atoms with Gasteiger partial charge < -0.3 is 14.8 Å². The minimum Gasteiger partial charge on any atom is -0.462 e. The fourth-order valence-corrected chi connectivity index (χ4v) is 5.74. The number of benzene rings is 1. The van der Waals surface area contributed by atoms with Crippen LogP contribution in [0.3, 0.4) is 0 Å². The first-order chi connectivity index (χ1) is 15.6. The molecule has 9 nitrogen and oxygen atoms in total. The van der Waals surface area contributed by atoms with Gasteiger partial charge >= 0.3 is 11.9 Å². The number of anilines is 1. The van der Waals surface area contributed by atoms with Crippen molar-refractivity contribution in [2.45, 2.75) is 44.9 Å². The second kappa shape index (κ2) is 10.4. The van der Waals surface area contributed by atoms with Crippen molar-refractivity contribution in [3.05, 3.63) is 45.3 Å². The first-order valence-corrected chi connectivity index (χ1v) is 12.8. The highest BCUT2D eigenvalue weighted by Gasteiger charge is 2.28. The second-order valence-electron chi connectivity index (χ2n) is 7.56. The molecule has 0 saturated heterocycles. The number of thiophene rings is 1. The summed E-state index contributed by atoms with van der Waals surface area (Å²) in [6.07, 6.45) is 2.51. The summed E-state index contributed by atoms with van der Waals surface area (Å²) in [5, 5.41) is 2.98. The summed E-state index contributed by atoms with van der Waals surface area (Å²) in [5.41, 5.74) is 3.00. The molecular weight excluding hydrogens is 468 g/mol. The molecule has 1 amide bonds. The van der Waals surface area contributed by atoms with E-state index in [-0.39, 0.29) is 11.5 Å². The number of fused-ring (bicyclic) bond motifs is 1. The average Bonchev–Trinajstić information content (AvgIpc) is 3.33. The molecule has 0 spiro atoms. The highest BCUT2D eigenvalue weighted by atomic mass is 32.2. The van der Waals surface area contributed by atoms with Crippen LogP contribution in [0.4, 0.5) is 5.00 Å². The monoisotopic (exact) mass is 494 g/mol. The van der Waals surface area contributed by atoms with Crippen LogP contribution in [0.5, 0.6) is 0 Å². The van der Waals surface area contributed by atoms with Gasteiger partial charge in [-0.1, -0.05) is 6.07 Å². The number of hydrogen-bond donors (Lipinski definition) is 2. The average molecular weight is 495 g/mol. The summed E-state index contributed by atoms with van der Waals surface area (Å²) in [4.78, 5) is 37.7. The lowest BCUT2D eigenvalue weighted by Gasteiger charge is -2.10. The Morgan fingerprint density at radius 3 is 2.55 bits per heavy atom. The smallest absolute Gasteiger partial charge is 0.341 e. The van der Waals surface area contributed by atoms with Crippen LogP contribution in [0.2, 0.25) is 0 Å². The van der Waals surface area contributed by atoms with Gasteiger partial charge in [-0.05, 0) is 68.9 Å². The summed E-state index contributed by atoms with van der Waals surface area (Å²) >= 11 is 1.31. The summed E-state index contributed by atoms with van der Waals surface area (Å²) in [6.45, 7) is 4.33. The molecule has 1 aromatic carbocycles. The molecule has 1 aliphatic carbocycles. The first-order valence-electron chi connectivity index (χ1n) is 10.5. The standard InChI is InChI=1S/C22H26N2O7S2/c1-4-30-22(27)20-16-6-5-7-17(16)32-21(20)24-18(25)12-31-19(26)11-23-33(28,29)15-9-8-13(2)14(3)10-15/h8-10,23H,4-7,11-12H2,1-3H3,(H,24,25). The van der Waals surface area contributed by atoms with Crippen molar-refractivity contribution in [3.63, 3.8) is 0 Å². The lowest BCUT2D eigenvalue weighted by Crippen LogP contribution is -2.32. The number of aryl methyl sites for hydroxylation is 3. The molecule has 0 unspecified atom stereocenters. The molecule has 3 rings (SSSR count). The van der Waals surface area contributed by atoms with Crippen molar-refractivity contribution in [2.75, 3.05) is 25.1 Å². The van der Waals surface area contributed by atoms with Gasteiger partial charge in [-0.3, -0.25) is 9.59 Å². The SMILES string of the molecule is CCOC(=O)c1c(NC(=O)COC(=O)CNS(=O)(=O)c2ccc(C)c(C)c2)sc2c1CCC2. The van der Waals surface area contributed by atoms with E-state index in [1.165, 1.54) is 23.5 Å². The summed E-state index contributed by atoms with van der Waals surface area (Å²) in [5.74, 6) is -2.03. The molecule has 178 valence electrons. The second-order valence-corrected chi connectivity index (χ2v) is 10.4. The molecule has 0 aliphatic heterocycles. The van der Waals surface area contributed by atoms with E-state index in [0.717, 1.165) is 40.8 Å². The maximum atomic E-state index is 12.4. The summed E-state index contributed by atoms with van der Waals surface area (Å²) < 4.78 is 36.9. The zero-order valence-electron chi connectivity index (χ0n) is 18.6. The maximum Gasteiger partial charge on any atom is 0.341 e. The maximum absolute atomic E-state index is 12.4. The van der Waals surface area contributed by atoms with Gasteiger partial charge in [0.15, 0.2) is 6.61 Å². The number of hydrogen-bond acceptors (Lipinski definition) is 8. The number of esters is 2. The molecule has 11 heteroatoms. The Labute approximate surface area is 196 Å². The van der Waals surface area contributed by atoms with E-state index in [4.69, 9.17) is 9.47 Å². The molecule has 0 bridgehead atoms. The van der Waals surface area contributed by atoms with E-state index < -0.39 is 41.0 Å². The van der Waals surface area contributed by atoms with E-state index in [1.54, 1.807) is 19.9 Å². The van der Waals surface area contributed by atoms with Crippen molar-refractivity contribution in [1.82, 2.24) is 4.72 Å². The highest BCUT2D eigenvalue weighted by Crippen LogP contribution is 2.39. The van der Waals surface area contributed by atoms with Crippen molar-refractivity contribution in [2.24, 2.45) is 0 Å². The Bertz CT molecular complexity index is 1190. The Morgan fingerprint density at radius 2 is 1.85 bits per heavy atom. The van der Waals surface area contributed by atoms with Gasteiger partial charge in [-0.2, -0.15) is 4.72 Å². The molecule has 0 atom stereocenters. The molecule has 2 N–H and O–H groups in total. The van der Waals surface area contributed by atoms with E-state index in [9.17, 15) is 22.8 Å². The highest BCUT2D eigenvalue weighted by molar-refractivity contribution is 7.89. The molecule has 1 aromatic heterocycles. The lowest BCUT2D eigenvalue weighted by atomic mass is 10.1. The van der Waals surface area contributed by atoms with Gasteiger partial charge in [0, 0.05) is 4.88 Å². The van der Waals surface area contributed by atoms with Crippen LogP contribution in [0.15, 0.2) is 23.1 Å². The van der Waals surface area contributed by atoms with Crippen LogP contribution in [0.25, 0.3) is 0 Å². The van der Waals surface area contributed by atoms with Gasteiger partial charge in [-0.15, -0.1) is 11.3 Å². The number of carbonyl (C=O) groups excluding carboxylic acids is 3. The third-order valence-corrected chi connectivity index (χ3v) is 7.82. The van der Waals surface area contributed by atoms with Gasteiger partial charge in [0.1, 0.15) is 11.5 Å². The molecule has 1 aliphatic rings. The lowest BCUT2D eigenvalue weighted by molar-refractivity contribution is -0.146. The van der Waals surface area contributed by atoms with Crippen molar-refractivity contribution < 1.29 is 32.3 Å². The van der Waals surface area contributed by atoms with Crippen LogP contribution in [0, 0.1) is 13.8 Å². The Balaban J connectivity index is 1.54. The molecule has 0 saturated carbocycles. The molecule has 0 radical (unpaired) electrons. The molecule has 0 fully saturated rings. The predicted octanol–water partition coefficient (Wildman–Crippen LogP) is 2.49. The third kappa shape index (κ3) is 5.98. The van der Waals surface area contributed by atoms with Crippen LogP contribution in [-0.4, -0.2) is 46.0 Å². The summed E-state index contributed by atoms with van der Waals surface area (Å²) in [7, 11) is -3.90. The van der Waals surface area contributed by atoms with Crippen LogP contribution < -0.4 is 10.0 Å². The predicted molar refractivity (Wildman–Crippen MR) is 123 cm³/mol. The first kappa shape index (κ1) is 24.9. The quantitative estimate of drug-likeness (QED) is 0.513. The number of sulfonamides is 1. The Kier molecular flexibility index (Phi) is 7.88. The van der Waals surface area contributed by atoms with Gasteiger partial charge in [-0.25, -0.2) is 13.2 Å². The Hall–Kier alpha value is -2.76. The topological polar surface area (TPSA) is 128 Å². The van der Waals surface area contributed by atoms with Gasteiger partial charge in [0.05, 0.1) is 17.1 Å². The number of amides is 1. The fraction of sp³-hybridized carbons (Fsp3) is 0.409. The minimum absolute atomic E-state index is 0.0355. The van der Waals surface area contributed by atoms with E-state index in [2.05, 4.69) is 10.0 Å². The molecular formula is C22H26N2O7S2. The largest absolute Gasteiger partial charge is 0.462 e. The number of ether oxygens (including phenoxy) is 2. The van der Waals surface area contributed by atoms with Crippen LogP contribution >= 0.6 is 11.3 Å². The normalized spacial score (nSPS) is 12.8. The van der Waals surface area contributed by atoms with E-state index in [0.29, 0.717) is 10.6 Å². The molecule has 33 heavy (non-hydrogen) atoms. The van der Waals surface area contributed by atoms with E-state index in [1.807, 2.05) is 6.92 Å². The number of carbonyl (C=O) groups is 3. The third-order valence-electron chi connectivity index (χ3n) is 5.21. The zero-order valence-corrected chi connectivity index (χ0v) is 20.3. The molecule has 2 aromatic rings. The van der Waals surface area contributed by atoms with Crippen LogP contribution in [-0.2, 0) is 41.9 Å². The van der Waals surface area contributed by atoms with Gasteiger partial charge in [0.2, 0.25) is 10.0 Å². The van der Waals surface area contributed by atoms with Crippen molar-refractivity contribution in [3.8, 4) is 0 Å². The molecule has 1 heterocycles. The summed E-state index contributed by atoms with van der Waals surface area (Å²) in [6, 6.07) is 4.64. The van der Waals surface area contributed by atoms with E-state index >= 15 is 0 Å². The van der Waals surface area contributed by atoms with Crippen LogP contribution in [0.1, 0.15) is 45.3 Å². The Morgan fingerprint density at radius 1 is 1.09 bits per heavy atom. The van der Waals surface area contributed by atoms with Crippen molar-refractivity contribution >= 4 is 44.2 Å². The number of nitrogens with one attached hydrogen (secondary N) is 2. The zero-order chi connectivity index (χ0) is 24.2. The van der Waals surface area contributed by atoms with Crippen molar-refractivity contribution in [1.29, 1.82) is 0 Å². The van der Waals surface area contributed by atoms with Gasteiger partial charge in [0.25, 0.3) is 5.91 Å². The fourth-order valence-electron chi connectivity index (χ4n) is 3.39.